The van der Waals surface area contributed by atoms with Crippen molar-refractivity contribution < 1.29 is 18.9 Å². The largest absolute Gasteiger partial charge is 0.493 e. The minimum Gasteiger partial charge on any atom is -0.493 e. The highest BCUT2D eigenvalue weighted by atomic mass is 35.5. The van der Waals surface area contributed by atoms with Crippen molar-refractivity contribution in [2.75, 3.05) is 19.8 Å². The fourth-order valence-electron chi connectivity index (χ4n) is 4.11. The summed E-state index contributed by atoms with van der Waals surface area (Å²) < 4.78 is 23.7. The first-order chi connectivity index (χ1) is 17.3. The highest BCUT2D eigenvalue weighted by Gasteiger charge is 2.17. The Hall–Kier alpha value is -3.28. The maximum absolute atomic E-state index is 6.78. The Labute approximate surface area is 210 Å². The first-order valence-electron chi connectivity index (χ1n) is 11.9. The Bertz CT molecular complexity index is 1260. The summed E-state index contributed by atoms with van der Waals surface area (Å²) in [5.74, 6) is 2.64. The minimum atomic E-state index is 0.217. The van der Waals surface area contributed by atoms with Gasteiger partial charge in [0.15, 0.2) is 0 Å². The molecule has 5 nitrogen and oxygen atoms in total. The van der Waals surface area contributed by atoms with E-state index in [1.807, 2.05) is 78.9 Å². The van der Waals surface area contributed by atoms with E-state index in [1.165, 1.54) is 0 Å². The van der Waals surface area contributed by atoms with Crippen molar-refractivity contribution in [2.24, 2.45) is 5.92 Å². The summed E-state index contributed by atoms with van der Waals surface area (Å²) in [6.07, 6.45) is 2.08. The third kappa shape index (κ3) is 6.05. The van der Waals surface area contributed by atoms with Crippen LogP contribution in [0.15, 0.2) is 78.9 Å². The van der Waals surface area contributed by atoms with Crippen LogP contribution in [0.1, 0.15) is 24.1 Å². The molecular weight excluding hydrogens is 462 g/mol. The molecule has 180 valence electrons. The van der Waals surface area contributed by atoms with Gasteiger partial charge in [0.1, 0.15) is 41.2 Å². The Morgan fingerprint density at radius 3 is 2.37 bits per heavy atom. The molecule has 4 aromatic rings. The molecule has 0 saturated carbocycles. The van der Waals surface area contributed by atoms with Gasteiger partial charge < -0.3 is 18.9 Å². The number of rotatable bonds is 9. The smallest absolute Gasteiger partial charge is 0.149 e. The predicted octanol–water partition coefficient (Wildman–Crippen LogP) is 6.85. The summed E-state index contributed by atoms with van der Waals surface area (Å²) in [4.78, 5) is 4.75. The number of pyridine rings is 1. The summed E-state index contributed by atoms with van der Waals surface area (Å²) in [5.41, 5.74) is 2.51. The van der Waals surface area contributed by atoms with Gasteiger partial charge in [-0.1, -0.05) is 60.1 Å². The molecule has 0 atom stereocenters. The zero-order chi connectivity index (χ0) is 23.9. The summed E-state index contributed by atoms with van der Waals surface area (Å²) in [6.45, 7) is 2.95. The number of hydrogen-bond donors (Lipinski definition) is 0. The molecule has 1 aliphatic heterocycles. The zero-order valence-corrected chi connectivity index (χ0v) is 20.2. The summed E-state index contributed by atoms with van der Waals surface area (Å²) in [6, 6.07) is 25.5. The fourth-order valence-corrected chi connectivity index (χ4v) is 4.36. The van der Waals surface area contributed by atoms with E-state index < -0.39 is 0 Å². The van der Waals surface area contributed by atoms with Crippen LogP contribution >= 0.6 is 11.6 Å². The van der Waals surface area contributed by atoms with Crippen molar-refractivity contribution in [3.05, 3.63) is 95.1 Å². The number of halogens is 1. The third-order valence-electron chi connectivity index (χ3n) is 6.09. The van der Waals surface area contributed by atoms with Crippen LogP contribution in [0.4, 0.5) is 0 Å². The van der Waals surface area contributed by atoms with Crippen LogP contribution in [0, 0.1) is 5.92 Å². The molecule has 1 aliphatic rings. The van der Waals surface area contributed by atoms with E-state index in [4.69, 9.17) is 35.5 Å². The van der Waals surface area contributed by atoms with Gasteiger partial charge in [-0.25, -0.2) is 4.98 Å². The van der Waals surface area contributed by atoms with Gasteiger partial charge in [0.25, 0.3) is 0 Å². The molecule has 6 heteroatoms. The molecule has 0 spiro atoms. The second-order valence-corrected chi connectivity index (χ2v) is 9.00. The Morgan fingerprint density at radius 1 is 0.800 bits per heavy atom. The van der Waals surface area contributed by atoms with Gasteiger partial charge in [-0.3, -0.25) is 0 Å². The standard InChI is InChI=1S/C29H28ClNO4/c30-28-27(20-34-24-10-6-9-23(17-24)33-18-22-13-15-32-16-14-22)31-26-12-5-4-11-25(26)29(28)35-19-21-7-2-1-3-8-21/h1-12,17,22H,13-16,18-20H2. The van der Waals surface area contributed by atoms with Gasteiger partial charge in [0.2, 0.25) is 0 Å². The molecule has 35 heavy (non-hydrogen) atoms. The quantitative estimate of drug-likeness (QED) is 0.257. The van der Waals surface area contributed by atoms with Gasteiger partial charge in [0.05, 0.1) is 12.1 Å². The normalized spacial score (nSPS) is 14.1. The lowest BCUT2D eigenvalue weighted by atomic mass is 10.0. The lowest BCUT2D eigenvalue weighted by Gasteiger charge is -2.22. The summed E-state index contributed by atoms with van der Waals surface area (Å²) in [5, 5.41) is 1.34. The number of nitrogens with zero attached hydrogens (tertiary/aromatic N) is 1. The van der Waals surface area contributed by atoms with E-state index in [1.54, 1.807) is 0 Å². The lowest BCUT2D eigenvalue weighted by Crippen LogP contribution is -2.21. The maximum Gasteiger partial charge on any atom is 0.149 e. The van der Waals surface area contributed by atoms with E-state index in [9.17, 15) is 0 Å². The highest BCUT2D eigenvalue weighted by molar-refractivity contribution is 6.33. The molecule has 0 bridgehead atoms. The lowest BCUT2D eigenvalue weighted by molar-refractivity contribution is 0.0497. The number of aromatic nitrogens is 1. The molecule has 1 aromatic heterocycles. The van der Waals surface area contributed by atoms with Crippen molar-refractivity contribution in [3.63, 3.8) is 0 Å². The van der Waals surface area contributed by atoms with Crippen LogP contribution in [0.3, 0.4) is 0 Å². The van der Waals surface area contributed by atoms with Gasteiger partial charge in [-0.05, 0) is 48.6 Å². The van der Waals surface area contributed by atoms with Gasteiger partial charge >= 0.3 is 0 Å². The van der Waals surface area contributed by atoms with Gasteiger partial charge in [0, 0.05) is 24.7 Å². The van der Waals surface area contributed by atoms with E-state index in [0.717, 1.165) is 48.3 Å². The summed E-state index contributed by atoms with van der Waals surface area (Å²) >= 11 is 6.78. The monoisotopic (exact) mass is 489 g/mol. The van der Waals surface area contributed by atoms with Crippen LogP contribution in [-0.4, -0.2) is 24.8 Å². The first-order valence-corrected chi connectivity index (χ1v) is 12.3. The minimum absolute atomic E-state index is 0.217. The number of benzene rings is 3. The van der Waals surface area contributed by atoms with Crippen LogP contribution < -0.4 is 14.2 Å². The van der Waals surface area contributed by atoms with Crippen molar-refractivity contribution in [3.8, 4) is 17.2 Å². The van der Waals surface area contributed by atoms with E-state index in [0.29, 0.717) is 41.3 Å². The molecule has 3 aromatic carbocycles. The molecule has 0 N–H and O–H groups in total. The fraction of sp³-hybridized carbons (Fsp3) is 0.276. The SMILES string of the molecule is Clc1c(COc2cccc(OCC3CCOCC3)c2)nc2ccccc2c1OCc1ccccc1. The summed E-state index contributed by atoms with van der Waals surface area (Å²) in [7, 11) is 0. The van der Waals surface area contributed by atoms with Crippen molar-refractivity contribution in [1.82, 2.24) is 4.98 Å². The van der Waals surface area contributed by atoms with Gasteiger partial charge in [-0.2, -0.15) is 0 Å². The molecule has 5 rings (SSSR count). The number of fused-ring (bicyclic) bond motifs is 1. The van der Waals surface area contributed by atoms with Gasteiger partial charge in [-0.15, -0.1) is 0 Å². The van der Waals surface area contributed by atoms with E-state index in [2.05, 4.69) is 0 Å². The second-order valence-electron chi connectivity index (χ2n) is 8.62. The van der Waals surface area contributed by atoms with E-state index >= 15 is 0 Å². The maximum atomic E-state index is 6.78. The number of para-hydroxylation sites is 1. The third-order valence-corrected chi connectivity index (χ3v) is 6.48. The average molecular weight is 490 g/mol. The Kier molecular flexibility index (Phi) is 7.66. The molecule has 0 aliphatic carbocycles. The van der Waals surface area contributed by atoms with E-state index in [-0.39, 0.29) is 6.61 Å². The topological polar surface area (TPSA) is 49.8 Å². The predicted molar refractivity (Wildman–Crippen MR) is 137 cm³/mol. The van der Waals surface area contributed by atoms with Crippen LogP contribution in [0.25, 0.3) is 10.9 Å². The van der Waals surface area contributed by atoms with Crippen molar-refractivity contribution >= 4 is 22.5 Å². The first kappa shape index (κ1) is 23.5. The molecule has 0 radical (unpaired) electrons. The highest BCUT2D eigenvalue weighted by Crippen LogP contribution is 2.36. The number of hydrogen-bond acceptors (Lipinski definition) is 5. The molecule has 2 heterocycles. The molecule has 0 amide bonds. The van der Waals surface area contributed by atoms with Crippen molar-refractivity contribution in [2.45, 2.75) is 26.1 Å². The zero-order valence-electron chi connectivity index (χ0n) is 19.5. The molecule has 1 fully saturated rings. The second kappa shape index (κ2) is 11.4. The van der Waals surface area contributed by atoms with Crippen molar-refractivity contribution in [1.29, 1.82) is 0 Å². The molecule has 0 unspecified atom stereocenters. The molecule has 1 saturated heterocycles. The molecular formula is C29H28ClNO4. The number of ether oxygens (including phenoxy) is 4. The van der Waals surface area contributed by atoms with Crippen LogP contribution in [0.5, 0.6) is 17.2 Å². The Morgan fingerprint density at radius 2 is 1.54 bits per heavy atom. The van der Waals surface area contributed by atoms with Crippen LogP contribution in [-0.2, 0) is 18.0 Å². The van der Waals surface area contributed by atoms with Crippen LogP contribution in [0.2, 0.25) is 5.02 Å². The average Bonchev–Trinajstić information content (AvgIpc) is 2.92. The Balaban J connectivity index is 1.29.